The minimum Gasteiger partial charge on any atom is -0.331 e. The van der Waals surface area contributed by atoms with Gasteiger partial charge < -0.3 is 4.90 Å². The fraction of sp³-hybridized carbons (Fsp3) is 0.172. The second kappa shape index (κ2) is 10.9. The third-order valence-electron chi connectivity index (χ3n) is 6.46. The molecule has 0 bridgehead atoms. The van der Waals surface area contributed by atoms with Crippen molar-refractivity contribution in [2.75, 3.05) is 11.5 Å². The number of aromatic nitrogens is 2. The van der Waals surface area contributed by atoms with Gasteiger partial charge in [-0.3, -0.25) is 4.79 Å². The van der Waals surface area contributed by atoms with Gasteiger partial charge in [0.1, 0.15) is 5.82 Å². The predicted molar refractivity (Wildman–Crippen MR) is 147 cm³/mol. The van der Waals surface area contributed by atoms with Gasteiger partial charge in [-0.05, 0) is 66.6 Å². The third kappa shape index (κ3) is 6.03. The van der Waals surface area contributed by atoms with Crippen LogP contribution in [0.4, 0.5) is 4.39 Å². The van der Waals surface area contributed by atoms with E-state index in [0.29, 0.717) is 28.3 Å². The van der Waals surface area contributed by atoms with Crippen molar-refractivity contribution in [3.05, 3.63) is 113 Å². The monoisotopic (exact) mass is 549 g/mol. The standard InChI is InChI=1S/C29H25ClFN3O3S/c30-24-6-4-5-21(17-24)18-33(27-15-16-38(36,37)20-27)28(35)14-11-23-19-34(26-7-2-1-3-8-26)32-29(23)22-9-12-25(31)13-10-22/h1-14,17,19,27H,15-16,18,20H2/b14-11+. The predicted octanol–water partition coefficient (Wildman–Crippen LogP) is 5.56. The number of benzene rings is 3. The number of carbonyl (C=O) groups excluding carboxylic acids is 1. The van der Waals surface area contributed by atoms with Crippen molar-refractivity contribution in [1.82, 2.24) is 14.7 Å². The number of nitrogens with zero attached hydrogens (tertiary/aromatic N) is 3. The summed E-state index contributed by atoms with van der Waals surface area (Å²) in [5.74, 6) is -0.685. The summed E-state index contributed by atoms with van der Waals surface area (Å²) in [4.78, 5) is 15.1. The molecule has 38 heavy (non-hydrogen) atoms. The van der Waals surface area contributed by atoms with Gasteiger partial charge in [-0.25, -0.2) is 17.5 Å². The molecule has 194 valence electrons. The Kier molecular flexibility index (Phi) is 7.44. The molecule has 9 heteroatoms. The maximum absolute atomic E-state index is 13.6. The zero-order valence-electron chi connectivity index (χ0n) is 20.4. The molecule has 6 nitrogen and oxygen atoms in total. The third-order valence-corrected chi connectivity index (χ3v) is 8.45. The van der Waals surface area contributed by atoms with Gasteiger partial charge in [0.15, 0.2) is 9.84 Å². The van der Waals surface area contributed by atoms with E-state index in [4.69, 9.17) is 16.7 Å². The molecule has 5 rings (SSSR count). The number of halogens is 2. The Labute approximate surface area is 225 Å². The van der Waals surface area contributed by atoms with E-state index in [1.54, 1.807) is 52.2 Å². The fourth-order valence-electron chi connectivity index (χ4n) is 4.55. The molecule has 4 aromatic rings. The molecule has 1 unspecified atom stereocenters. The fourth-order valence-corrected chi connectivity index (χ4v) is 6.49. The summed E-state index contributed by atoms with van der Waals surface area (Å²) in [6.45, 7) is 0.234. The molecular weight excluding hydrogens is 525 g/mol. The molecule has 0 saturated carbocycles. The van der Waals surface area contributed by atoms with Gasteiger partial charge in [-0.15, -0.1) is 0 Å². The summed E-state index contributed by atoms with van der Waals surface area (Å²) in [7, 11) is -3.20. The molecule has 2 heterocycles. The van der Waals surface area contributed by atoms with Crippen LogP contribution in [0.3, 0.4) is 0 Å². The van der Waals surface area contributed by atoms with Crippen molar-refractivity contribution in [3.8, 4) is 16.9 Å². The minimum absolute atomic E-state index is 0.0548. The Bertz CT molecular complexity index is 1590. The first kappa shape index (κ1) is 25.9. The van der Waals surface area contributed by atoms with Crippen molar-refractivity contribution in [1.29, 1.82) is 0 Å². The number of para-hydroxylation sites is 1. The van der Waals surface area contributed by atoms with Crippen LogP contribution < -0.4 is 0 Å². The smallest absolute Gasteiger partial charge is 0.247 e. The summed E-state index contributed by atoms with van der Waals surface area (Å²) in [5, 5.41) is 5.24. The van der Waals surface area contributed by atoms with Crippen LogP contribution in [0.2, 0.25) is 5.02 Å². The zero-order chi connectivity index (χ0) is 26.7. The lowest BCUT2D eigenvalue weighted by molar-refractivity contribution is -0.128. The van der Waals surface area contributed by atoms with Gasteiger partial charge in [-0.1, -0.05) is 41.9 Å². The van der Waals surface area contributed by atoms with Crippen molar-refractivity contribution in [2.24, 2.45) is 0 Å². The van der Waals surface area contributed by atoms with E-state index >= 15 is 0 Å². The van der Waals surface area contributed by atoms with Crippen LogP contribution in [0.5, 0.6) is 0 Å². The van der Waals surface area contributed by atoms with E-state index in [1.165, 1.54) is 18.2 Å². The van der Waals surface area contributed by atoms with Gasteiger partial charge >= 0.3 is 0 Å². The highest BCUT2D eigenvalue weighted by Crippen LogP contribution is 2.26. The lowest BCUT2D eigenvalue weighted by Crippen LogP contribution is -2.39. The second-order valence-corrected chi connectivity index (χ2v) is 11.9. The molecular formula is C29H25ClFN3O3S. The van der Waals surface area contributed by atoms with Crippen LogP contribution in [0.25, 0.3) is 23.0 Å². The lowest BCUT2D eigenvalue weighted by atomic mass is 10.1. The molecule has 1 atom stereocenters. The molecule has 1 aliphatic rings. The summed E-state index contributed by atoms with van der Waals surface area (Å²) in [5.41, 5.74) is 3.59. The van der Waals surface area contributed by atoms with Gasteiger partial charge in [-0.2, -0.15) is 5.10 Å². The van der Waals surface area contributed by atoms with E-state index < -0.39 is 15.9 Å². The molecule has 0 spiro atoms. The van der Waals surface area contributed by atoms with E-state index in [1.807, 2.05) is 36.4 Å². The van der Waals surface area contributed by atoms with Gasteiger partial charge in [0, 0.05) is 41.0 Å². The zero-order valence-corrected chi connectivity index (χ0v) is 21.9. The number of hydrogen-bond donors (Lipinski definition) is 0. The highest BCUT2D eigenvalue weighted by molar-refractivity contribution is 7.91. The maximum atomic E-state index is 13.6. The summed E-state index contributed by atoms with van der Waals surface area (Å²) in [6, 6.07) is 22.3. The number of sulfone groups is 1. The van der Waals surface area contributed by atoms with Crippen molar-refractivity contribution >= 4 is 33.4 Å². The Hall–Kier alpha value is -3.75. The number of rotatable bonds is 7. The van der Waals surface area contributed by atoms with Crippen molar-refractivity contribution < 1.29 is 17.6 Å². The molecule has 1 saturated heterocycles. The van der Waals surface area contributed by atoms with Crippen molar-refractivity contribution in [3.63, 3.8) is 0 Å². The van der Waals surface area contributed by atoms with Crippen LogP contribution in [0.15, 0.2) is 91.1 Å². The number of carbonyl (C=O) groups is 1. The van der Waals surface area contributed by atoms with Gasteiger partial charge in [0.05, 0.1) is 22.9 Å². The molecule has 0 radical (unpaired) electrons. The van der Waals surface area contributed by atoms with Crippen LogP contribution in [-0.2, 0) is 21.2 Å². The molecule has 1 aliphatic heterocycles. The largest absolute Gasteiger partial charge is 0.331 e. The summed E-state index contributed by atoms with van der Waals surface area (Å²) >= 11 is 6.15. The molecule has 1 aromatic heterocycles. The SMILES string of the molecule is O=C(/C=C/c1cn(-c2ccccc2)nc1-c1ccc(F)cc1)N(Cc1cccc(Cl)c1)C1CCS(=O)(=O)C1. The van der Waals surface area contributed by atoms with Crippen LogP contribution in [-0.4, -0.2) is 46.6 Å². The van der Waals surface area contributed by atoms with E-state index in [0.717, 1.165) is 11.3 Å². The minimum atomic E-state index is -3.20. The first-order valence-electron chi connectivity index (χ1n) is 12.1. The highest BCUT2D eigenvalue weighted by atomic mass is 35.5. The quantitative estimate of drug-likeness (QED) is 0.283. The van der Waals surface area contributed by atoms with Crippen molar-refractivity contribution in [2.45, 2.75) is 19.0 Å². The van der Waals surface area contributed by atoms with E-state index in [2.05, 4.69) is 0 Å². The van der Waals surface area contributed by atoms with E-state index in [-0.39, 0.29) is 29.8 Å². The normalized spacial score (nSPS) is 16.6. The average Bonchev–Trinajstić information content (AvgIpc) is 3.50. The average molecular weight is 550 g/mol. The molecule has 1 amide bonds. The molecule has 0 aliphatic carbocycles. The lowest BCUT2D eigenvalue weighted by Gasteiger charge is -2.27. The number of amides is 1. The molecule has 3 aromatic carbocycles. The van der Waals surface area contributed by atoms with Crippen LogP contribution >= 0.6 is 11.6 Å². The van der Waals surface area contributed by atoms with Crippen LogP contribution in [0, 0.1) is 5.82 Å². The maximum Gasteiger partial charge on any atom is 0.247 e. The summed E-state index contributed by atoms with van der Waals surface area (Å²) in [6.07, 6.45) is 5.30. The Balaban J connectivity index is 1.48. The van der Waals surface area contributed by atoms with Gasteiger partial charge in [0.25, 0.3) is 0 Å². The Morgan fingerprint density at radius 3 is 2.53 bits per heavy atom. The van der Waals surface area contributed by atoms with Gasteiger partial charge in [0.2, 0.25) is 5.91 Å². The second-order valence-electron chi connectivity index (χ2n) is 9.21. The molecule has 1 fully saturated rings. The van der Waals surface area contributed by atoms with Crippen LogP contribution in [0.1, 0.15) is 17.5 Å². The first-order valence-corrected chi connectivity index (χ1v) is 14.3. The van der Waals surface area contributed by atoms with E-state index in [9.17, 15) is 17.6 Å². The topological polar surface area (TPSA) is 72.3 Å². The highest BCUT2D eigenvalue weighted by Gasteiger charge is 2.34. The first-order chi connectivity index (χ1) is 18.3. The Morgan fingerprint density at radius 1 is 1.08 bits per heavy atom. The molecule has 0 N–H and O–H groups in total. The number of hydrogen-bond acceptors (Lipinski definition) is 4. The summed E-state index contributed by atoms with van der Waals surface area (Å²) < 4.78 is 39.7. The Morgan fingerprint density at radius 2 is 1.84 bits per heavy atom.